The molecule has 1 saturated heterocycles. The Morgan fingerprint density at radius 2 is 1.90 bits per heavy atom. The van der Waals surface area contributed by atoms with Crippen molar-refractivity contribution in [3.05, 3.63) is 33.8 Å². The summed E-state index contributed by atoms with van der Waals surface area (Å²) in [5.41, 5.74) is 1.05. The first-order valence-corrected chi connectivity index (χ1v) is 8.33. The van der Waals surface area contributed by atoms with Gasteiger partial charge in [0.2, 0.25) is 0 Å². The van der Waals surface area contributed by atoms with Crippen LogP contribution in [0.5, 0.6) is 0 Å². The van der Waals surface area contributed by atoms with Gasteiger partial charge in [0.1, 0.15) is 0 Å². The molecule has 2 rings (SSSR count). The van der Waals surface area contributed by atoms with Crippen molar-refractivity contribution in [2.45, 2.75) is 25.4 Å². The van der Waals surface area contributed by atoms with Gasteiger partial charge in [0.25, 0.3) is 0 Å². The summed E-state index contributed by atoms with van der Waals surface area (Å²) in [6, 6.07) is 6.55. The van der Waals surface area contributed by atoms with Gasteiger partial charge >= 0.3 is 0 Å². The normalized spacial score (nSPS) is 22.4. The molecule has 1 aliphatic rings. The summed E-state index contributed by atoms with van der Waals surface area (Å²) in [7, 11) is 4.39. The van der Waals surface area contributed by atoms with E-state index in [1.165, 1.54) is 0 Å². The van der Waals surface area contributed by atoms with E-state index >= 15 is 0 Å². The van der Waals surface area contributed by atoms with Gasteiger partial charge in [-0.25, -0.2) is 0 Å². The Morgan fingerprint density at radius 3 is 2.52 bits per heavy atom. The third-order valence-electron chi connectivity index (χ3n) is 4.32. The molecule has 0 saturated carbocycles. The van der Waals surface area contributed by atoms with E-state index in [0.717, 1.165) is 48.2 Å². The fourth-order valence-electron chi connectivity index (χ4n) is 3.03. The van der Waals surface area contributed by atoms with Crippen molar-refractivity contribution in [2.24, 2.45) is 0 Å². The van der Waals surface area contributed by atoms with Crippen molar-refractivity contribution >= 4 is 23.2 Å². The van der Waals surface area contributed by atoms with Gasteiger partial charge in [0, 0.05) is 41.8 Å². The maximum absolute atomic E-state index is 6.34. The fraction of sp³-hybridized carbons (Fsp3) is 0.625. The van der Waals surface area contributed by atoms with Crippen LogP contribution in [0.25, 0.3) is 0 Å². The zero-order chi connectivity index (χ0) is 15.4. The first-order valence-electron chi connectivity index (χ1n) is 7.58. The third kappa shape index (κ3) is 4.33. The van der Waals surface area contributed by atoms with Gasteiger partial charge in [-0.1, -0.05) is 36.2 Å². The van der Waals surface area contributed by atoms with Gasteiger partial charge in [-0.15, -0.1) is 0 Å². The predicted octanol–water partition coefficient (Wildman–Crippen LogP) is 2.76. The van der Waals surface area contributed by atoms with Crippen LogP contribution in [0, 0.1) is 0 Å². The number of nitrogens with one attached hydrogen (secondary N) is 1. The quantitative estimate of drug-likeness (QED) is 0.896. The van der Waals surface area contributed by atoms with Crippen LogP contribution in [0.1, 0.15) is 12.5 Å². The van der Waals surface area contributed by atoms with Gasteiger partial charge in [-0.2, -0.15) is 0 Å². The van der Waals surface area contributed by atoms with Gasteiger partial charge in [0.05, 0.1) is 0 Å². The fourth-order valence-corrected chi connectivity index (χ4v) is 3.58. The highest BCUT2D eigenvalue weighted by Crippen LogP contribution is 2.27. The van der Waals surface area contributed by atoms with E-state index in [1.807, 2.05) is 18.2 Å². The smallest absolute Gasteiger partial charge is 0.0453 e. The lowest BCUT2D eigenvalue weighted by molar-refractivity contribution is 0.0881. The van der Waals surface area contributed by atoms with E-state index in [-0.39, 0.29) is 0 Å². The van der Waals surface area contributed by atoms with Crippen LogP contribution < -0.4 is 5.32 Å². The second-order valence-electron chi connectivity index (χ2n) is 5.88. The molecule has 21 heavy (non-hydrogen) atoms. The van der Waals surface area contributed by atoms with Crippen molar-refractivity contribution in [2.75, 3.05) is 40.3 Å². The standard InChI is InChI=1S/C16H25Cl2N3/c1-4-19-15(16-11-20(2)8-9-21(16)3)10-12-13(17)6-5-7-14(12)18/h5-7,15-16,19H,4,8-11H2,1-3H3. The topological polar surface area (TPSA) is 18.5 Å². The second-order valence-corrected chi connectivity index (χ2v) is 6.69. The highest BCUT2D eigenvalue weighted by atomic mass is 35.5. The van der Waals surface area contributed by atoms with Crippen LogP contribution in [0.15, 0.2) is 18.2 Å². The summed E-state index contributed by atoms with van der Waals surface area (Å²) in [5.74, 6) is 0. The van der Waals surface area contributed by atoms with Crippen molar-refractivity contribution in [3.63, 3.8) is 0 Å². The number of likely N-dealkylation sites (N-methyl/N-ethyl adjacent to an activating group) is 3. The van der Waals surface area contributed by atoms with Crippen LogP contribution in [0.2, 0.25) is 10.0 Å². The predicted molar refractivity (Wildman–Crippen MR) is 91.5 cm³/mol. The van der Waals surface area contributed by atoms with Crippen LogP contribution in [0.3, 0.4) is 0 Å². The van der Waals surface area contributed by atoms with E-state index in [1.54, 1.807) is 0 Å². The Morgan fingerprint density at radius 1 is 1.24 bits per heavy atom. The molecule has 0 bridgehead atoms. The van der Waals surface area contributed by atoms with Crippen molar-refractivity contribution in [3.8, 4) is 0 Å². The molecule has 0 radical (unpaired) electrons. The van der Waals surface area contributed by atoms with Crippen molar-refractivity contribution < 1.29 is 0 Å². The number of benzene rings is 1. The molecule has 2 atom stereocenters. The highest BCUT2D eigenvalue weighted by molar-refractivity contribution is 6.36. The van der Waals surface area contributed by atoms with Crippen LogP contribution in [-0.2, 0) is 6.42 Å². The van der Waals surface area contributed by atoms with Gasteiger partial charge in [-0.05, 0) is 44.8 Å². The first kappa shape index (κ1) is 17.0. The lowest BCUT2D eigenvalue weighted by Crippen LogP contribution is -2.59. The van der Waals surface area contributed by atoms with Crippen LogP contribution in [-0.4, -0.2) is 62.2 Å². The van der Waals surface area contributed by atoms with Crippen LogP contribution in [0.4, 0.5) is 0 Å². The molecule has 0 spiro atoms. The minimum absolute atomic E-state index is 0.347. The van der Waals surface area contributed by atoms with E-state index in [4.69, 9.17) is 23.2 Å². The molecule has 3 nitrogen and oxygen atoms in total. The summed E-state index contributed by atoms with van der Waals surface area (Å²) in [6.45, 7) is 6.38. The Labute approximate surface area is 138 Å². The zero-order valence-corrected chi connectivity index (χ0v) is 14.6. The maximum Gasteiger partial charge on any atom is 0.0453 e. The molecule has 1 aromatic rings. The Balaban J connectivity index is 2.18. The Bertz CT molecular complexity index is 447. The highest BCUT2D eigenvalue weighted by Gasteiger charge is 2.30. The molecule has 1 N–H and O–H groups in total. The summed E-state index contributed by atoms with van der Waals surface area (Å²) in [6.07, 6.45) is 0.856. The summed E-state index contributed by atoms with van der Waals surface area (Å²) < 4.78 is 0. The molecular weight excluding hydrogens is 305 g/mol. The number of piperazine rings is 1. The molecular formula is C16H25Cl2N3. The molecule has 0 amide bonds. The van der Waals surface area contributed by atoms with Gasteiger partial charge in [-0.3, -0.25) is 4.90 Å². The minimum Gasteiger partial charge on any atom is -0.312 e. The third-order valence-corrected chi connectivity index (χ3v) is 5.02. The van der Waals surface area contributed by atoms with Crippen LogP contribution >= 0.6 is 23.2 Å². The first-order chi connectivity index (χ1) is 10.0. The molecule has 0 aliphatic carbocycles. The average Bonchev–Trinajstić information content (AvgIpc) is 2.44. The largest absolute Gasteiger partial charge is 0.312 e. The van der Waals surface area contributed by atoms with E-state index in [9.17, 15) is 0 Å². The van der Waals surface area contributed by atoms with Gasteiger partial charge < -0.3 is 10.2 Å². The second kappa shape index (κ2) is 7.80. The van der Waals surface area contributed by atoms with Crippen molar-refractivity contribution in [1.29, 1.82) is 0 Å². The zero-order valence-electron chi connectivity index (χ0n) is 13.1. The van der Waals surface area contributed by atoms with E-state index in [2.05, 4.69) is 36.1 Å². The van der Waals surface area contributed by atoms with E-state index in [0.29, 0.717) is 12.1 Å². The molecule has 1 aliphatic heterocycles. The maximum atomic E-state index is 6.34. The number of nitrogens with zero attached hydrogens (tertiary/aromatic N) is 2. The molecule has 1 heterocycles. The molecule has 118 valence electrons. The number of halogens is 2. The summed E-state index contributed by atoms with van der Waals surface area (Å²) in [4.78, 5) is 4.83. The van der Waals surface area contributed by atoms with E-state index < -0.39 is 0 Å². The number of hydrogen-bond acceptors (Lipinski definition) is 3. The Kier molecular flexibility index (Phi) is 6.33. The summed E-state index contributed by atoms with van der Waals surface area (Å²) in [5, 5.41) is 5.14. The molecule has 1 aromatic carbocycles. The molecule has 5 heteroatoms. The average molecular weight is 330 g/mol. The number of hydrogen-bond donors (Lipinski definition) is 1. The lowest BCUT2D eigenvalue weighted by Gasteiger charge is -2.42. The minimum atomic E-state index is 0.347. The molecule has 2 unspecified atom stereocenters. The Hall–Kier alpha value is -0.320. The molecule has 0 aromatic heterocycles. The van der Waals surface area contributed by atoms with Gasteiger partial charge in [0.15, 0.2) is 0 Å². The SMILES string of the molecule is CCNC(Cc1c(Cl)cccc1Cl)C1CN(C)CCN1C. The molecule has 1 fully saturated rings. The summed E-state index contributed by atoms with van der Waals surface area (Å²) >= 11 is 12.7. The monoisotopic (exact) mass is 329 g/mol. The lowest BCUT2D eigenvalue weighted by atomic mass is 9.96. The van der Waals surface area contributed by atoms with Crippen molar-refractivity contribution in [1.82, 2.24) is 15.1 Å². The number of rotatable bonds is 5.